The molecule has 0 aliphatic carbocycles. The average Bonchev–Trinajstić information content (AvgIpc) is 2.53. The third-order valence-electron chi connectivity index (χ3n) is 3.38. The smallest absolute Gasteiger partial charge is 0.238 e. The van der Waals surface area contributed by atoms with E-state index in [9.17, 15) is 4.79 Å². The first-order chi connectivity index (χ1) is 10.3. The molecule has 21 heavy (non-hydrogen) atoms. The van der Waals surface area contributed by atoms with Gasteiger partial charge < -0.3 is 20.3 Å². The molecule has 116 valence electrons. The lowest BCUT2D eigenvalue weighted by atomic mass is 10.3. The molecule has 1 fully saturated rings. The minimum Gasteiger partial charge on any atom is -0.495 e. The number of ether oxygens (including phenoxy) is 1. The molecule has 0 unspecified atom stereocenters. The highest BCUT2D eigenvalue weighted by Crippen LogP contribution is 2.22. The molecule has 1 aromatic rings. The van der Waals surface area contributed by atoms with Gasteiger partial charge in [0.2, 0.25) is 5.91 Å². The fraction of sp³-hybridized carbons (Fsp3) is 0.533. The predicted octanol–water partition coefficient (Wildman–Crippen LogP) is 1.27. The van der Waals surface area contributed by atoms with Gasteiger partial charge in [-0.15, -0.1) is 0 Å². The van der Waals surface area contributed by atoms with Crippen LogP contribution in [0.4, 0.5) is 5.69 Å². The third kappa shape index (κ3) is 5.57. The Kier molecular flexibility index (Phi) is 6.85. The zero-order valence-corrected chi connectivity index (χ0v) is 13.2. The average molecular weight is 309 g/mol. The van der Waals surface area contributed by atoms with Gasteiger partial charge in [-0.05, 0) is 12.1 Å². The van der Waals surface area contributed by atoms with E-state index >= 15 is 0 Å². The molecule has 0 saturated carbocycles. The van der Waals surface area contributed by atoms with E-state index in [1.807, 2.05) is 36.0 Å². The normalized spacial score (nSPS) is 15.7. The molecule has 1 aliphatic heterocycles. The highest BCUT2D eigenvalue weighted by Gasteiger charge is 2.10. The Hall–Kier alpha value is -1.24. The maximum absolute atomic E-state index is 11.9. The van der Waals surface area contributed by atoms with Crippen LogP contribution < -0.4 is 15.4 Å². The van der Waals surface area contributed by atoms with Crippen molar-refractivity contribution in [3.63, 3.8) is 0 Å². The van der Waals surface area contributed by atoms with E-state index in [0.29, 0.717) is 18.0 Å². The van der Waals surface area contributed by atoms with E-state index in [0.717, 1.165) is 26.2 Å². The number of carbonyl (C=O) groups is 1. The lowest BCUT2D eigenvalue weighted by Gasteiger charge is -2.26. The molecule has 2 N–H and O–H groups in total. The molecule has 0 aromatic heterocycles. The maximum Gasteiger partial charge on any atom is 0.238 e. The molecule has 2 rings (SSSR count). The molecule has 0 radical (unpaired) electrons. The SMILES string of the molecule is COc1ccccc1NC(=O)CNCCN1CCSCC1. The van der Waals surface area contributed by atoms with Crippen LogP contribution in [0.25, 0.3) is 0 Å². The zero-order chi connectivity index (χ0) is 14.9. The van der Waals surface area contributed by atoms with Gasteiger partial charge in [-0.25, -0.2) is 0 Å². The van der Waals surface area contributed by atoms with Crippen LogP contribution in [0.3, 0.4) is 0 Å². The summed E-state index contributed by atoms with van der Waals surface area (Å²) in [5.74, 6) is 3.06. The molecule has 5 nitrogen and oxygen atoms in total. The molecule has 1 saturated heterocycles. The summed E-state index contributed by atoms with van der Waals surface area (Å²) in [6, 6.07) is 7.42. The summed E-state index contributed by atoms with van der Waals surface area (Å²) in [5, 5.41) is 6.05. The Bertz CT molecular complexity index is 450. The van der Waals surface area contributed by atoms with Gasteiger partial charge in [-0.2, -0.15) is 11.8 Å². The Morgan fingerprint density at radius 2 is 2.10 bits per heavy atom. The van der Waals surface area contributed by atoms with E-state index in [-0.39, 0.29) is 5.91 Å². The Morgan fingerprint density at radius 1 is 1.33 bits per heavy atom. The van der Waals surface area contributed by atoms with E-state index in [4.69, 9.17) is 4.74 Å². The number of benzene rings is 1. The molecule has 1 amide bonds. The van der Waals surface area contributed by atoms with Crippen molar-refractivity contribution < 1.29 is 9.53 Å². The van der Waals surface area contributed by atoms with Crippen LogP contribution in [-0.4, -0.2) is 62.1 Å². The van der Waals surface area contributed by atoms with E-state index in [1.54, 1.807) is 7.11 Å². The van der Waals surface area contributed by atoms with Gasteiger partial charge in [0.15, 0.2) is 0 Å². The summed E-state index contributed by atoms with van der Waals surface area (Å²) in [5.41, 5.74) is 0.708. The van der Waals surface area contributed by atoms with Gasteiger partial charge >= 0.3 is 0 Å². The van der Waals surface area contributed by atoms with E-state index in [2.05, 4.69) is 15.5 Å². The minimum atomic E-state index is -0.0475. The van der Waals surface area contributed by atoms with Crippen molar-refractivity contribution in [1.29, 1.82) is 0 Å². The second-order valence-electron chi connectivity index (χ2n) is 4.88. The fourth-order valence-electron chi connectivity index (χ4n) is 2.21. The first kappa shape index (κ1) is 16.1. The van der Waals surface area contributed by atoms with Crippen molar-refractivity contribution in [3.05, 3.63) is 24.3 Å². The lowest BCUT2D eigenvalue weighted by Crippen LogP contribution is -2.39. The number of hydrogen-bond donors (Lipinski definition) is 2. The largest absolute Gasteiger partial charge is 0.495 e. The van der Waals surface area contributed by atoms with Crippen molar-refractivity contribution in [3.8, 4) is 5.75 Å². The first-order valence-corrected chi connectivity index (χ1v) is 8.39. The van der Waals surface area contributed by atoms with Crippen LogP contribution in [0, 0.1) is 0 Å². The van der Waals surface area contributed by atoms with Crippen molar-refractivity contribution in [2.24, 2.45) is 0 Å². The number of carbonyl (C=O) groups excluding carboxylic acids is 1. The van der Waals surface area contributed by atoms with Gasteiger partial charge in [-0.3, -0.25) is 4.79 Å². The lowest BCUT2D eigenvalue weighted by molar-refractivity contribution is -0.115. The van der Waals surface area contributed by atoms with E-state index in [1.165, 1.54) is 11.5 Å². The molecule has 1 heterocycles. The molecular weight excluding hydrogens is 286 g/mol. The van der Waals surface area contributed by atoms with Gasteiger partial charge in [0.1, 0.15) is 5.75 Å². The van der Waals surface area contributed by atoms with Crippen LogP contribution in [0.15, 0.2) is 24.3 Å². The van der Waals surface area contributed by atoms with Crippen LogP contribution in [0.2, 0.25) is 0 Å². The molecule has 0 atom stereocenters. The van der Waals surface area contributed by atoms with E-state index < -0.39 is 0 Å². The number of amides is 1. The molecule has 0 spiro atoms. The quantitative estimate of drug-likeness (QED) is 0.743. The Labute approximate surface area is 130 Å². The summed E-state index contributed by atoms with van der Waals surface area (Å²) in [7, 11) is 1.60. The second kappa shape index (κ2) is 8.92. The summed E-state index contributed by atoms with van der Waals surface area (Å²) in [6.45, 7) is 4.46. The standard InChI is InChI=1S/C15H23N3O2S/c1-20-14-5-3-2-4-13(14)17-15(19)12-16-6-7-18-8-10-21-11-9-18/h2-5,16H,6-12H2,1H3,(H,17,19). The van der Waals surface area contributed by atoms with Crippen molar-refractivity contribution >= 4 is 23.4 Å². The number of thioether (sulfide) groups is 1. The number of nitrogens with zero attached hydrogens (tertiary/aromatic N) is 1. The summed E-state index contributed by atoms with van der Waals surface area (Å²) < 4.78 is 5.21. The van der Waals surface area contributed by atoms with Gasteiger partial charge in [0.05, 0.1) is 19.3 Å². The Morgan fingerprint density at radius 3 is 2.86 bits per heavy atom. The number of hydrogen-bond acceptors (Lipinski definition) is 5. The van der Waals surface area contributed by atoms with Crippen LogP contribution >= 0.6 is 11.8 Å². The number of anilines is 1. The molecule has 6 heteroatoms. The second-order valence-corrected chi connectivity index (χ2v) is 6.10. The summed E-state index contributed by atoms with van der Waals surface area (Å²) >= 11 is 2.01. The topological polar surface area (TPSA) is 53.6 Å². The minimum absolute atomic E-state index is 0.0475. The van der Waals surface area contributed by atoms with Crippen LogP contribution in [-0.2, 0) is 4.79 Å². The third-order valence-corrected chi connectivity index (χ3v) is 4.32. The number of nitrogens with one attached hydrogen (secondary N) is 2. The number of methoxy groups -OCH3 is 1. The van der Waals surface area contributed by atoms with Crippen molar-refractivity contribution in [2.75, 3.05) is 56.7 Å². The van der Waals surface area contributed by atoms with Gasteiger partial charge in [-0.1, -0.05) is 12.1 Å². The molecule has 1 aliphatic rings. The number of rotatable bonds is 7. The van der Waals surface area contributed by atoms with Gasteiger partial charge in [0, 0.05) is 37.7 Å². The highest BCUT2D eigenvalue weighted by molar-refractivity contribution is 7.99. The predicted molar refractivity (Wildman–Crippen MR) is 88.3 cm³/mol. The number of para-hydroxylation sites is 2. The van der Waals surface area contributed by atoms with Crippen molar-refractivity contribution in [2.45, 2.75) is 0 Å². The zero-order valence-electron chi connectivity index (χ0n) is 12.4. The fourth-order valence-corrected chi connectivity index (χ4v) is 3.18. The first-order valence-electron chi connectivity index (χ1n) is 7.23. The summed E-state index contributed by atoms with van der Waals surface area (Å²) in [6.07, 6.45) is 0. The van der Waals surface area contributed by atoms with Crippen LogP contribution in [0.5, 0.6) is 5.75 Å². The molecule has 0 bridgehead atoms. The Balaban J connectivity index is 1.65. The molecule has 1 aromatic carbocycles. The molecular formula is C15H23N3O2S. The van der Waals surface area contributed by atoms with Gasteiger partial charge in [0.25, 0.3) is 0 Å². The summed E-state index contributed by atoms with van der Waals surface area (Å²) in [4.78, 5) is 14.3. The van der Waals surface area contributed by atoms with Crippen LogP contribution in [0.1, 0.15) is 0 Å². The maximum atomic E-state index is 11.9. The monoisotopic (exact) mass is 309 g/mol. The highest BCUT2D eigenvalue weighted by atomic mass is 32.2. The van der Waals surface area contributed by atoms with Crippen molar-refractivity contribution in [1.82, 2.24) is 10.2 Å².